The first-order chi connectivity index (χ1) is 14.2. The zero-order chi connectivity index (χ0) is 20.2. The highest BCUT2D eigenvalue weighted by Gasteiger charge is 2.28. The van der Waals surface area contributed by atoms with Crippen molar-refractivity contribution < 1.29 is 14.4 Å². The molecular weight excluding hydrogens is 384 g/mol. The topological polar surface area (TPSA) is 45.6 Å². The van der Waals surface area contributed by atoms with E-state index in [9.17, 15) is 0 Å². The van der Waals surface area contributed by atoms with Crippen molar-refractivity contribution in [2.75, 3.05) is 13.7 Å². The summed E-state index contributed by atoms with van der Waals surface area (Å²) in [5.41, 5.74) is 1.28. The molecule has 0 aliphatic carbocycles. The van der Waals surface area contributed by atoms with Gasteiger partial charge in [0.25, 0.3) is 0 Å². The number of ether oxygens (including phenoxy) is 2. The molecule has 0 fully saturated rings. The van der Waals surface area contributed by atoms with Gasteiger partial charge in [-0.05, 0) is 24.4 Å². The molecule has 0 saturated heterocycles. The van der Waals surface area contributed by atoms with E-state index in [-0.39, 0.29) is 6.10 Å². The van der Waals surface area contributed by atoms with Crippen molar-refractivity contribution in [1.82, 2.24) is 14.3 Å². The minimum absolute atomic E-state index is 0.317. The molecule has 0 saturated carbocycles. The Labute approximate surface area is 175 Å². The van der Waals surface area contributed by atoms with Crippen LogP contribution in [0.25, 0.3) is 0 Å². The Morgan fingerprint density at radius 1 is 1.17 bits per heavy atom. The minimum Gasteiger partial charge on any atom is -0.485 e. The quantitative estimate of drug-likeness (QED) is 0.482. The number of benzene rings is 2. The van der Waals surface area contributed by atoms with Gasteiger partial charge in [-0.25, -0.2) is 0 Å². The largest absolute Gasteiger partial charge is 0.485 e. The minimum atomic E-state index is -0.317. The van der Waals surface area contributed by atoms with Crippen molar-refractivity contribution in [3.05, 3.63) is 83.4 Å². The molecule has 29 heavy (non-hydrogen) atoms. The highest BCUT2D eigenvalue weighted by molar-refractivity contribution is 7.71. The van der Waals surface area contributed by atoms with Gasteiger partial charge in [0, 0.05) is 12.1 Å². The molecule has 1 aliphatic rings. The Morgan fingerprint density at radius 2 is 1.90 bits per heavy atom. The van der Waals surface area contributed by atoms with Gasteiger partial charge >= 0.3 is 0 Å². The second-order valence-electron chi connectivity index (χ2n) is 7.18. The van der Waals surface area contributed by atoms with E-state index in [1.165, 1.54) is 10.5 Å². The first-order valence-electron chi connectivity index (χ1n) is 9.68. The van der Waals surface area contributed by atoms with E-state index in [1.54, 1.807) is 0 Å². The van der Waals surface area contributed by atoms with Crippen molar-refractivity contribution in [3.63, 3.8) is 0 Å². The average Bonchev–Trinajstić information content (AvgIpc) is 3.04. The van der Waals surface area contributed by atoms with Crippen LogP contribution in [-0.4, -0.2) is 28.0 Å². The molecular formula is C22H25N4O2S+. The van der Waals surface area contributed by atoms with E-state index >= 15 is 0 Å². The summed E-state index contributed by atoms with van der Waals surface area (Å²) in [6.07, 6.45) is 1.51. The third-order valence-corrected chi connectivity index (χ3v) is 5.26. The summed E-state index contributed by atoms with van der Waals surface area (Å²) in [4.78, 5) is 1.29. The number of hydrogen-bond donors (Lipinski definition) is 1. The molecule has 0 radical (unpaired) electrons. The van der Waals surface area contributed by atoms with Gasteiger partial charge in [-0.15, -0.1) is 11.7 Å². The van der Waals surface area contributed by atoms with Gasteiger partial charge in [0.05, 0.1) is 7.05 Å². The number of aromatic nitrogens is 3. The number of hydrogen-bond acceptors (Lipinski definition) is 4. The lowest BCUT2D eigenvalue weighted by molar-refractivity contribution is -0.917. The van der Waals surface area contributed by atoms with Crippen LogP contribution < -0.4 is 14.4 Å². The van der Waals surface area contributed by atoms with E-state index in [4.69, 9.17) is 26.8 Å². The molecule has 7 heteroatoms. The fraction of sp³-hybridized carbons (Fsp3) is 0.273. The van der Waals surface area contributed by atoms with Crippen LogP contribution in [0.2, 0.25) is 0 Å². The molecule has 0 bridgehead atoms. The summed E-state index contributed by atoms with van der Waals surface area (Å²) in [6.45, 7) is 6.39. The predicted molar refractivity (Wildman–Crippen MR) is 114 cm³/mol. The number of rotatable bonds is 7. The van der Waals surface area contributed by atoms with Crippen molar-refractivity contribution in [1.29, 1.82) is 0 Å². The van der Waals surface area contributed by atoms with Crippen LogP contribution in [0.15, 0.2) is 67.3 Å². The number of nitrogens with zero attached hydrogens (tertiary/aromatic N) is 3. The maximum Gasteiger partial charge on any atom is 0.203 e. The smallest absolute Gasteiger partial charge is 0.203 e. The van der Waals surface area contributed by atoms with Gasteiger partial charge in [-0.1, -0.05) is 48.5 Å². The summed E-state index contributed by atoms with van der Waals surface area (Å²) in [7, 11) is 2.14. The third-order valence-electron chi connectivity index (χ3n) is 4.83. The van der Waals surface area contributed by atoms with Gasteiger partial charge in [0.15, 0.2) is 30.1 Å². The summed E-state index contributed by atoms with van der Waals surface area (Å²) in [6, 6.07) is 18.1. The SMILES string of the molecule is C=CCn1c([C@@H]2COc3ccccc3O2)nn(C[NH+](C)Cc2ccccc2)c1=S. The predicted octanol–water partition coefficient (Wildman–Crippen LogP) is 2.78. The summed E-state index contributed by atoms with van der Waals surface area (Å²) in [5, 5.41) is 4.81. The van der Waals surface area contributed by atoms with Crippen LogP contribution in [0.4, 0.5) is 0 Å². The molecule has 2 heterocycles. The summed E-state index contributed by atoms with van der Waals surface area (Å²) in [5.74, 6) is 2.24. The third kappa shape index (κ3) is 4.26. The van der Waals surface area contributed by atoms with Crippen molar-refractivity contribution >= 4 is 12.2 Å². The van der Waals surface area contributed by atoms with Gasteiger partial charge in [0.1, 0.15) is 13.2 Å². The van der Waals surface area contributed by atoms with Crippen molar-refractivity contribution in [3.8, 4) is 11.5 Å². The Kier molecular flexibility index (Phi) is 5.78. The molecule has 0 amide bonds. The van der Waals surface area contributed by atoms with Crippen LogP contribution in [0.3, 0.4) is 0 Å². The number of allylic oxidation sites excluding steroid dienone is 1. The van der Waals surface area contributed by atoms with E-state index in [1.807, 2.05) is 45.7 Å². The standard InChI is InChI=1S/C22H24N4O2S/c1-3-13-25-21(20-15-27-18-11-7-8-12-19(18)28-20)23-26(22(25)29)16-24(2)14-17-9-5-4-6-10-17/h3-12,20H,1,13-16H2,2H3/p+1/t20-/m0/s1. The van der Waals surface area contributed by atoms with Gasteiger partial charge in [-0.2, -0.15) is 4.68 Å². The van der Waals surface area contributed by atoms with Gasteiger partial charge in [0.2, 0.25) is 4.77 Å². The molecule has 1 N–H and O–H groups in total. The van der Waals surface area contributed by atoms with Crippen LogP contribution in [0.5, 0.6) is 11.5 Å². The van der Waals surface area contributed by atoms with Crippen LogP contribution in [0.1, 0.15) is 17.5 Å². The monoisotopic (exact) mass is 409 g/mol. The molecule has 2 atom stereocenters. The maximum absolute atomic E-state index is 6.16. The number of nitrogens with one attached hydrogen (secondary N) is 1. The molecule has 1 aliphatic heterocycles. The molecule has 4 rings (SSSR count). The Hall–Kier alpha value is -2.90. The Bertz CT molecular complexity index is 1040. The van der Waals surface area contributed by atoms with E-state index < -0.39 is 0 Å². The number of para-hydroxylation sites is 2. The van der Waals surface area contributed by atoms with Crippen molar-refractivity contribution in [2.24, 2.45) is 0 Å². The summed E-state index contributed by atoms with van der Waals surface area (Å²) < 4.78 is 16.6. The molecule has 0 spiro atoms. The molecule has 3 aromatic rings. The number of fused-ring (bicyclic) bond motifs is 1. The van der Waals surface area contributed by atoms with E-state index in [2.05, 4.69) is 37.9 Å². The fourth-order valence-electron chi connectivity index (χ4n) is 3.50. The first kappa shape index (κ1) is 19.4. The highest BCUT2D eigenvalue weighted by atomic mass is 32.1. The molecule has 150 valence electrons. The lowest BCUT2D eigenvalue weighted by Crippen LogP contribution is -3.07. The number of quaternary nitrogens is 1. The maximum atomic E-state index is 6.16. The zero-order valence-electron chi connectivity index (χ0n) is 16.5. The van der Waals surface area contributed by atoms with Crippen LogP contribution in [0, 0.1) is 4.77 Å². The second kappa shape index (κ2) is 8.63. The molecule has 1 aromatic heterocycles. The van der Waals surface area contributed by atoms with Crippen LogP contribution >= 0.6 is 12.2 Å². The summed E-state index contributed by atoms with van der Waals surface area (Å²) >= 11 is 5.71. The fourth-order valence-corrected chi connectivity index (χ4v) is 3.78. The first-order valence-corrected chi connectivity index (χ1v) is 10.1. The zero-order valence-corrected chi connectivity index (χ0v) is 17.3. The molecule has 1 unspecified atom stereocenters. The molecule has 2 aromatic carbocycles. The highest BCUT2D eigenvalue weighted by Crippen LogP contribution is 2.35. The lowest BCUT2D eigenvalue weighted by atomic mass is 10.2. The van der Waals surface area contributed by atoms with Gasteiger partial charge < -0.3 is 14.4 Å². The lowest BCUT2D eigenvalue weighted by Gasteiger charge is -2.25. The average molecular weight is 410 g/mol. The van der Waals surface area contributed by atoms with E-state index in [0.717, 1.165) is 23.9 Å². The second-order valence-corrected chi connectivity index (χ2v) is 7.55. The normalized spacial score (nSPS) is 16.4. The Balaban J connectivity index is 1.57. The molecule has 6 nitrogen and oxygen atoms in total. The van der Waals surface area contributed by atoms with E-state index in [0.29, 0.717) is 24.6 Å². The Morgan fingerprint density at radius 3 is 2.66 bits per heavy atom. The van der Waals surface area contributed by atoms with Crippen molar-refractivity contribution in [2.45, 2.75) is 25.9 Å². The van der Waals surface area contributed by atoms with Gasteiger partial charge in [-0.3, -0.25) is 4.57 Å². The van der Waals surface area contributed by atoms with Crippen LogP contribution in [-0.2, 0) is 19.8 Å².